The molecular weight excluding hydrogens is 365 g/mol. The highest BCUT2D eigenvalue weighted by Crippen LogP contribution is 2.36. The Morgan fingerprint density at radius 1 is 1.28 bits per heavy atom. The van der Waals surface area contributed by atoms with Crippen LogP contribution in [0.1, 0.15) is 52.9 Å². The van der Waals surface area contributed by atoms with E-state index in [9.17, 15) is 14.0 Å². The van der Waals surface area contributed by atoms with Crippen LogP contribution in [-0.4, -0.2) is 23.7 Å². The summed E-state index contributed by atoms with van der Waals surface area (Å²) in [7, 11) is 0. The Bertz CT molecular complexity index is 598. The highest BCUT2D eigenvalue weighted by Gasteiger charge is 2.22. The molecule has 0 aliphatic heterocycles. The standard InChI is InChI=1S/C18H25ClFNO3S/c1-4-7-9-17(22)21-14-11-16(12(19)10-13(14)20)25-15(8-5-2)18(23)24-6-3/h10-11,15H,4-9H2,1-3H3,(H,21,22). The highest BCUT2D eigenvalue weighted by molar-refractivity contribution is 8.00. The lowest BCUT2D eigenvalue weighted by Crippen LogP contribution is -2.20. The average Bonchev–Trinajstić information content (AvgIpc) is 2.56. The third kappa shape index (κ3) is 7.24. The Labute approximate surface area is 157 Å². The van der Waals surface area contributed by atoms with E-state index < -0.39 is 11.1 Å². The molecular formula is C18H25ClFNO3S. The minimum absolute atomic E-state index is 0.0760. The van der Waals surface area contributed by atoms with Gasteiger partial charge in [0.1, 0.15) is 11.1 Å². The van der Waals surface area contributed by atoms with Gasteiger partial charge in [0.15, 0.2) is 0 Å². The molecule has 0 saturated heterocycles. The van der Waals surface area contributed by atoms with Crippen molar-refractivity contribution >= 4 is 40.9 Å². The molecule has 0 spiro atoms. The van der Waals surface area contributed by atoms with Crippen molar-refractivity contribution < 1.29 is 18.7 Å². The van der Waals surface area contributed by atoms with Gasteiger partial charge in [-0.25, -0.2) is 4.39 Å². The lowest BCUT2D eigenvalue weighted by atomic mass is 10.2. The Kier molecular flexibility index (Phi) is 9.90. The van der Waals surface area contributed by atoms with Crippen LogP contribution in [0.5, 0.6) is 0 Å². The summed E-state index contributed by atoms with van der Waals surface area (Å²) in [4.78, 5) is 24.5. The molecule has 140 valence electrons. The summed E-state index contributed by atoms with van der Waals surface area (Å²) in [5.41, 5.74) is 0.0760. The number of unbranched alkanes of at least 4 members (excludes halogenated alkanes) is 1. The maximum atomic E-state index is 14.1. The molecule has 1 unspecified atom stereocenters. The summed E-state index contributed by atoms with van der Waals surface area (Å²) in [5.74, 6) is -1.15. The van der Waals surface area contributed by atoms with E-state index in [1.165, 1.54) is 17.8 Å². The SMILES string of the molecule is CCCCC(=O)Nc1cc(SC(CCC)C(=O)OCC)c(Cl)cc1F. The first-order chi connectivity index (χ1) is 11.9. The van der Waals surface area contributed by atoms with Crippen molar-refractivity contribution in [3.05, 3.63) is 23.0 Å². The van der Waals surface area contributed by atoms with Crippen molar-refractivity contribution in [1.29, 1.82) is 0 Å². The molecule has 0 aliphatic carbocycles. The topological polar surface area (TPSA) is 55.4 Å². The van der Waals surface area contributed by atoms with Crippen molar-refractivity contribution in [1.82, 2.24) is 0 Å². The van der Waals surface area contributed by atoms with Gasteiger partial charge in [-0.1, -0.05) is 38.3 Å². The fourth-order valence-electron chi connectivity index (χ4n) is 2.14. The smallest absolute Gasteiger partial charge is 0.319 e. The molecule has 7 heteroatoms. The van der Waals surface area contributed by atoms with Gasteiger partial charge in [0, 0.05) is 11.3 Å². The van der Waals surface area contributed by atoms with Crippen LogP contribution in [0.15, 0.2) is 17.0 Å². The van der Waals surface area contributed by atoms with Crippen LogP contribution in [0.3, 0.4) is 0 Å². The van der Waals surface area contributed by atoms with E-state index in [1.807, 2.05) is 13.8 Å². The number of carbonyl (C=O) groups excluding carboxylic acids is 2. The van der Waals surface area contributed by atoms with Crippen molar-refractivity contribution in [2.45, 2.75) is 63.0 Å². The van der Waals surface area contributed by atoms with Gasteiger partial charge in [-0.3, -0.25) is 9.59 Å². The van der Waals surface area contributed by atoms with Crippen molar-refractivity contribution in [3.63, 3.8) is 0 Å². The van der Waals surface area contributed by atoms with Crippen molar-refractivity contribution in [2.24, 2.45) is 0 Å². The number of hydrogen-bond acceptors (Lipinski definition) is 4. The second-order valence-electron chi connectivity index (χ2n) is 5.56. The van der Waals surface area contributed by atoms with E-state index in [1.54, 1.807) is 6.92 Å². The summed E-state index contributed by atoms with van der Waals surface area (Å²) in [6.45, 7) is 6.00. The van der Waals surface area contributed by atoms with Crippen LogP contribution in [0.2, 0.25) is 5.02 Å². The van der Waals surface area contributed by atoms with Gasteiger partial charge in [-0.15, -0.1) is 11.8 Å². The first-order valence-electron chi connectivity index (χ1n) is 8.55. The van der Waals surface area contributed by atoms with Crippen LogP contribution in [0.4, 0.5) is 10.1 Å². The van der Waals surface area contributed by atoms with Crippen LogP contribution in [0, 0.1) is 5.82 Å². The zero-order chi connectivity index (χ0) is 18.8. The molecule has 0 heterocycles. The number of rotatable bonds is 10. The van der Waals surface area contributed by atoms with Crippen LogP contribution in [-0.2, 0) is 14.3 Å². The van der Waals surface area contributed by atoms with E-state index in [4.69, 9.17) is 16.3 Å². The summed E-state index contributed by atoms with van der Waals surface area (Å²) < 4.78 is 19.2. The number of carbonyl (C=O) groups is 2. The van der Waals surface area contributed by atoms with Crippen LogP contribution < -0.4 is 5.32 Å². The molecule has 0 bridgehead atoms. The number of nitrogens with one attached hydrogen (secondary N) is 1. The maximum absolute atomic E-state index is 14.1. The molecule has 0 aliphatic rings. The third-order valence-electron chi connectivity index (χ3n) is 3.42. The number of anilines is 1. The molecule has 1 rings (SSSR count). The normalized spacial score (nSPS) is 11.9. The van der Waals surface area contributed by atoms with Gasteiger partial charge >= 0.3 is 5.97 Å². The summed E-state index contributed by atoms with van der Waals surface area (Å²) in [6.07, 6.45) is 3.38. The van der Waals surface area contributed by atoms with E-state index in [0.29, 0.717) is 24.3 Å². The zero-order valence-electron chi connectivity index (χ0n) is 14.9. The van der Waals surface area contributed by atoms with E-state index >= 15 is 0 Å². The predicted octanol–water partition coefficient (Wildman–Crippen LogP) is 5.43. The Hall–Kier alpha value is -1.27. The molecule has 1 amide bonds. The quantitative estimate of drug-likeness (QED) is 0.428. The van der Waals surface area contributed by atoms with Gasteiger partial charge in [0.2, 0.25) is 5.91 Å². The van der Waals surface area contributed by atoms with E-state index in [0.717, 1.165) is 25.3 Å². The molecule has 0 radical (unpaired) electrons. The van der Waals surface area contributed by atoms with Gasteiger partial charge in [0.25, 0.3) is 0 Å². The van der Waals surface area contributed by atoms with Crippen molar-refractivity contribution in [2.75, 3.05) is 11.9 Å². The second kappa shape index (κ2) is 11.4. The molecule has 0 aromatic heterocycles. The summed E-state index contributed by atoms with van der Waals surface area (Å²) in [6, 6.07) is 2.64. The molecule has 1 atom stereocenters. The largest absolute Gasteiger partial charge is 0.465 e. The molecule has 1 aromatic rings. The van der Waals surface area contributed by atoms with Gasteiger partial charge in [0.05, 0.1) is 17.3 Å². The number of amides is 1. The Morgan fingerprint density at radius 2 is 2.00 bits per heavy atom. The minimum atomic E-state index is -0.595. The number of thioether (sulfide) groups is 1. The number of hydrogen-bond donors (Lipinski definition) is 1. The highest BCUT2D eigenvalue weighted by atomic mass is 35.5. The van der Waals surface area contributed by atoms with E-state index in [-0.39, 0.29) is 22.6 Å². The molecule has 1 N–H and O–H groups in total. The van der Waals surface area contributed by atoms with Crippen LogP contribution >= 0.6 is 23.4 Å². The number of ether oxygens (including phenoxy) is 1. The first kappa shape index (κ1) is 21.8. The van der Waals surface area contributed by atoms with Crippen molar-refractivity contribution in [3.8, 4) is 0 Å². The minimum Gasteiger partial charge on any atom is -0.465 e. The van der Waals surface area contributed by atoms with Gasteiger partial charge in [-0.2, -0.15) is 0 Å². The molecule has 4 nitrogen and oxygen atoms in total. The molecule has 0 fully saturated rings. The lowest BCUT2D eigenvalue weighted by Gasteiger charge is -2.16. The van der Waals surface area contributed by atoms with Gasteiger partial charge in [-0.05, 0) is 31.9 Å². The van der Waals surface area contributed by atoms with Gasteiger partial charge < -0.3 is 10.1 Å². The maximum Gasteiger partial charge on any atom is 0.319 e. The Balaban J connectivity index is 2.96. The summed E-state index contributed by atoms with van der Waals surface area (Å²) in [5, 5.41) is 2.36. The Morgan fingerprint density at radius 3 is 2.60 bits per heavy atom. The lowest BCUT2D eigenvalue weighted by molar-refractivity contribution is -0.142. The van der Waals surface area contributed by atoms with E-state index in [2.05, 4.69) is 5.32 Å². The molecule has 25 heavy (non-hydrogen) atoms. The predicted molar refractivity (Wildman–Crippen MR) is 101 cm³/mol. The second-order valence-corrected chi connectivity index (χ2v) is 7.21. The number of esters is 1. The average molecular weight is 390 g/mol. The first-order valence-corrected chi connectivity index (χ1v) is 9.80. The fourth-order valence-corrected chi connectivity index (χ4v) is 3.61. The zero-order valence-corrected chi connectivity index (χ0v) is 16.4. The third-order valence-corrected chi connectivity index (χ3v) is 5.15. The molecule has 0 saturated carbocycles. The summed E-state index contributed by atoms with van der Waals surface area (Å²) >= 11 is 7.35. The number of benzene rings is 1. The fraction of sp³-hybridized carbons (Fsp3) is 0.556. The van der Waals surface area contributed by atoms with Crippen LogP contribution in [0.25, 0.3) is 0 Å². The molecule has 1 aromatic carbocycles. The monoisotopic (exact) mass is 389 g/mol. The number of halogens is 2.